The molecule has 1 saturated carbocycles. The summed E-state index contributed by atoms with van der Waals surface area (Å²) in [6.07, 6.45) is 9.78. The Morgan fingerprint density at radius 3 is 2.72 bits per heavy atom. The van der Waals surface area contributed by atoms with Crippen molar-refractivity contribution in [1.29, 1.82) is 0 Å². The van der Waals surface area contributed by atoms with Crippen LogP contribution < -0.4 is 10.2 Å². The molecule has 0 unspecified atom stereocenters. The molecular formula is C20H26N4O. The summed E-state index contributed by atoms with van der Waals surface area (Å²) in [6.45, 7) is 2.37. The molecule has 2 aromatic heterocycles. The Kier molecular flexibility index (Phi) is 5.64. The molecule has 25 heavy (non-hydrogen) atoms. The van der Waals surface area contributed by atoms with E-state index in [1.54, 1.807) is 12.3 Å². The maximum atomic E-state index is 12.3. The Morgan fingerprint density at radius 1 is 1.20 bits per heavy atom. The first-order chi connectivity index (χ1) is 12.1. The molecule has 132 valence electrons. The Hall–Kier alpha value is -2.43. The van der Waals surface area contributed by atoms with E-state index in [1.807, 2.05) is 31.3 Å². The molecule has 2 aromatic rings. The number of hydrogen-bond donors (Lipinski definition) is 1. The lowest BCUT2D eigenvalue weighted by Gasteiger charge is -2.33. The highest BCUT2D eigenvalue weighted by Gasteiger charge is 2.21. The van der Waals surface area contributed by atoms with Gasteiger partial charge in [0, 0.05) is 43.3 Å². The third-order valence-corrected chi connectivity index (χ3v) is 4.94. The molecular weight excluding hydrogens is 312 g/mol. The summed E-state index contributed by atoms with van der Waals surface area (Å²) in [7, 11) is 2.12. The van der Waals surface area contributed by atoms with E-state index in [0.717, 1.165) is 17.1 Å². The quantitative estimate of drug-likeness (QED) is 0.907. The smallest absolute Gasteiger partial charge is 0.253 e. The van der Waals surface area contributed by atoms with Crippen LogP contribution in [-0.2, 0) is 6.54 Å². The Balaban J connectivity index is 1.68. The van der Waals surface area contributed by atoms with E-state index >= 15 is 0 Å². The van der Waals surface area contributed by atoms with Crippen LogP contribution in [-0.4, -0.2) is 29.0 Å². The van der Waals surface area contributed by atoms with Gasteiger partial charge in [0.2, 0.25) is 0 Å². The van der Waals surface area contributed by atoms with Crippen molar-refractivity contribution in [1.82, 2.24) is 15.3 Å². The molecule has 1 aliphatic rings. The predicted molar refractivity (Wildman–Crippen MR) is 99.7 cm³/mol. The van der Waals surface area contributed by atoms with Crippen LogP contribution in [0.4, 0.5) is 5.82 Å². The van der Waals surface area contributed by atoms with Gasteiger partial charge in [-0.25, -0.2) is 4.98 Å². The van der Waals surface area contributed by atoms with Crippen LogP contribution in [0.3, 0.4) is 0 Å². The molecule has 5 nitrogen and oxygen atoms in total. The minimum Gasteiger partial charge on any atom is -0.356 e. The van der Waals surface area contributed by atoms with Crippen LogP contribution in [0.1, 0.15) is 53.7 Å². The second-order valence-electron chi connectivity index (χ2n) is 6.76. The zero-order chi connectivity index (χ0) is 17.6. The van der Waals surface area contributed by atoms with Gasteiger partial charge >= 0.3 is 0 Å². The third kappa shape index (κ3) is 4.35. The molecule has 1 aliphatic carbocycles. The lowest BCUT2D eigenvalue weighted by molar-refractivity contribution is 0.0950. The number of carbonyl (C=O) groups is 1. The minimum atomic E-state index is -0.109. The zero-order valence-corrected chi connectivity index (χ0v) is 15.0. The van der Waals surface area contributed by atoms with Crippen molar-refractivity contribution in [2.45, 2.75) is 51.6 Å². The summed E-state index contributed by atoms with van der Waals surface area (Å²) in [6, 6.07) is 8.15. The van der Waals surface area contributed by atoms with Crippen molar-refractivity contribution in [2.24, 2.45) is 0 Å². The first-order valence-corrected chi connectivity index (χ1v) is 9.03. The van der Waals surface area contributed by atoms with Crippen molar-refractivity contribution in [2.75, 3.05) is 11.9 Å². The predicted octanol–water partition coefficient (Wildman–Crippen LogP) is 3.48. The zero-order valence-electron chi connectivity index (χ0n) is 15.0. The SMILES string of the molecule is Cc1ccc(C(=O)NCc2cccnc2N(C)C2CCCCC2)cn1. The van der Waals surface area contributed by atoms with Gasteiger partial charge in [0.05, 0.1) is 5.56 Å². The lowest BCUT2D eigenvalue weighted by atomic mass is 9.94. The van der Waals surface area contributed by atoms with E-state index < -0.39 is 0 Å². The molecule has 0 bridgehead atoms. The topological polar surface area (TPSA) is 58.1 Å². The highest BCUT2D eigenvalue weighted by Crippen LogP contribution is 2.26. The van der Waals surface area contributed by atoms with E-state index in [0.29, 0.717) is 18.2 Å². The second kappa shape index (κ2) is 8.10. The molecule has 1 amide bonds. The first kappa shape index (κ1) is 17.4. The standard InChI is InChI=1S/C20H26N4O/c1-15-10-11-17(14-22-15)20(25)23-13-16-7-6-12-21-19(16)24(2)18-8-4-3-5-9-18/h6-7,10-12,14,18H,3-5,8-9,13H2,1-2H3,(H,23,25). The number of amides is 1. The van der Waals surface area contributed by atoms with Crippen molar-refractivity contribution in [3.8, 4) is 0 Å². The summed E-state index contributed by atoms with van der Waals surface area (Å²) >= 11 is 0. The van der Waals surface area contributed by atoms with Crippen LogP contribution in [0.5, 0.6) is 0 Å². The largest absolute Gasteiger partial charge is 0.356 e. The number of pyridine rings is 2. The number of rotatable bonds is 5. The van der Waals surface area contributed by atoms with Crippen LogP contribution in [0.2, 0.25) is 0 Å². The third-order valence-electron chi connectivity index (χ3n) is 4.94. The molecule has 0 spiro atoms. The molecule has 5 heteroatoms. The maximum absolute atomic E-state index is 12.3. The highest BCUT2D eigenvalue weighted by atomic mass is 16.1. The van der Waals surface area contributed by atoms with Crippen molar-refractivity contribution >= 4 is 11.7 Å². The fraction of sp³-hybridized carbons (Fsp3) is 0.450. The first-order valence-electron chi connectivity index (χ1n) is 9.03. The van der Waals surface area contributed by atoms with Gasteiger partial charge in [-0.15, -0.1) is 0 Å². The molecule has 0 saturated heterocycles. The second-order valence-corrected chi connectivity index (χ2v) is 6.76. The number of nitrogens with one attached hydrogen (secondary N) is 1. The molecule has 0 radical (unpaired) electrons. The molecule has 1 N–H and O–H groups in total. The Labute approximate surface area is 149 Å². The highest BCUT2D eigenvalue weighted by molar-refractivity contribution is 5.93. The van der Waals surface area contributed by atoms with Crippen molar-refractivity contribution in [3.63, 3.8) is 0 Å². The van der Waals surface area contributed by atoms with Gasteiger partial charge in [-0.2, -0.15) is 0 Å². The van der Waals surface area contributed by atoms with Crippen molar-refractivity contribution in [3.05, 3.63) is 53.5 Å². The fourth-order valence-electron chi connectivity index (χ4n) is 3.41. The minimum absolute atomic E-state index is 0.109. The fourth-order valence-corrected chi connectivity index (χ4v) is 3.41. The van der Waals surface area contributed by atoms with Gasteiger partial charge < -0.3 is 10.2 Å². The van der Waals surface area contributed by atoms with E-state index in [-0.39, 0.29) is 5.91 Å². The Morgan fingerprint density at radius 2 is 2.00 bits per heavy atom. The van der Waals surface area contributed by atoms with Gasteiger partial charge in [0.15, 0.2) is 0 Å². The Bertz CT molecular complexity index is 708. The molecule has 1 fully saturated rings. The number of hydrogen-bond acceptors (Lipinski definition) is 4. The normalized spacial score (nSPS) is 15.0. The van der Waals surface area contributed by atoms with Gasteiger partial charge in [-0.05, 0) is 38.0 Å². The van der Waals surface area contributed by atoms with Crippen LogP contribution >= 0.6 is 0 Å². The summed E-state index contributed by atoms with van der Waals surface area (Å²) in [5.74, 6) is 0.861. The van der Waals surface area contributed by atoms with Gasteiger partial charge in [-0.1, -0.05) is 25.3 Å². The number of aryl methyl sites for hydroxylation is 1. The van der Waals surface area contributed by atoms with Crippen molar-refractivity contribution < 1.29 is 4.79 Å². The summed E-state index contributed by atoms with van der Waals surface area (Å²) in [4.78, 5) is 23.4. The van der Waals surface area contributed by atoms with Crippen LogP contribution in [0.25, 0.3) is 0 Å². The van der Waals surface area contributed by atoms with E-state index in [2.05, 4.69) is 27.2 Å². The lowest BCUT2D eigenvalue weighted by Crippen LogP contribution is -2.35. The number of carbonyl (C=O) groups excluding carboxylic acids is 1. The maximum Gasteiger partial charge on any atom is 0.253 e. The average molecular weight is 338 g/mol. The summed E-state index contributed by atoms with van der Waals surface area (Å²) in [5, 5.41) is 2.99. The van der Waals surface area contributed by atoms with Gasteiger partial charge in [0.1, 0.15) is 5.82 Å². The molecule has 0 aromatic carbocycles. The van der Waals surface area contributed by atoms with Crippen LogP contribution in [0.15, 0.2) is 36.7 Å². The monoisotopic (exact) mass is 338 g/mol. The summed E-state index contributed by atoms with van der Waals surface area (Å²) < 4.78 is 0. The van der Waals surface area contributed by atoms with E-state index in [1.165, 1.54) is 32.1 Å². The number of aromatic nitrogens is 2. The van der Waals surface area contributed by atoms with Crippen LogP contribution in [0, 0.1) is 6.92 Å². The van der Waals surface area contributed by atoms with E-state index in [4.69, 9.17) is 0 Å². The van der Waals surface area contributed by atoms with Gasteiger partial charge in [-0.3, -0.25) is 9.78 Å². The average Bonchev–Trinajstić information content (AvgIpc) is 2.67. The number of nitrogens with zero attached hydrogens (tertiary/aromatic N) is 3. The molecule has 3 rings (SSSR count). The number of anilines is 1. The molecule has 2 heterocycles. The summed E-state index contributed by atoms with van der Waals surface area (Å²) in [5.41, 5.74) is 2.53. The van der Waals surface area contributed by atoms with E-state index in [9.17, 15) is 4.79 Å². The molecule has 0 atom stereocenters. The van der Waals surface area contributed by atoms with Gasteiger partial charge in [0.25, 0.3) is 5.91 Å². The molecule has 0 aliphatic heterocycles.